The molecule has 1 aromatic rings. The van der Waals surface area contributed by atoms with E-state index in [0.29, 0.717) is 6.42 Å². The number of benzene rings is 1. The Bertz CT molecular complexity index is 643. The molecule has 0 aliphatic rings. The van der Waals surface area contributed by atoms with Crippen molar-refractivity contribution in [2.45, 2.75) is 75.6 Å². The van der Waals surface area contributed by atoms with Crippen molar-refractivity contribution in [1.29, 1.82) is 0 Å². The quantitative estimate of drug-likeness (QED) is 0.268. The lowest BCUT2D eigenvalue weighted by molar-refractivity contribution is -0.117. The van der Waals surface area contributed by atoms with Gasteiger partial charge in [-0.15, -0.1) is 0 Å². The fourth-order valence-electron chi connectivity index (χ4n) is 2.81. The molecule has 1 unspecified atom stereocenters. The summed E-state index contributed by atoms with van der Waals surface area (Å²) >= 11 is 0. The molecule has 0 spiro atoms. The largest absolute Gasteiger partial charge is 0.347 e. The number of carbonyl (C=O) groups is 1. The molecule has 0 aliphatic heterocycles. The zero-order chi connectivity index (χ0) is 20.0. The molecule has 0 saturated heterocycles. The summed E-state index contributed by atoms with van der Waals surface area (Å²) in [7, 11) is -3.82. The lowest BCUT2D eigenvalue weighted by Gasteiger charge is -2.18. The Hall–Kier alpha value is -1.66. The van der Waals surface area contributed by atoms with E-state index in [1.54, 1.807) is 18.2 Å². The van der Waals surface area contributed by atoms with E-state index in [2.05, 4.69) is 18.8 Å². The second kappa shape index (κ2) is 13.5. The van der Waals surface area contributed by atoms with Crippen LogP contribution >= 0.6 is 0 Å². The molecule has 1 aromatic carbocycles. The van der Waals surface area contributed by atoms with Gasteiger partial charge in [0.25, 0.3) is 10.1 Å². The van der Waals surface area contributed by atoms with Crippen molar-refractivity contribution in [3.63, 3.8) is 0 Å². The van der Waals surface area contributed by atoms with E-state index in [1.807, 2.05) is 0 Å². The maximum absolute atomic E-state index is 12.2. The zero-order valence-corrected chi connectivity index (χ0v) is 17.2. The van der Waals surface area contributed by atoms with Gasteiger partial charge in [-0.25, -0.2) is 0 Å². The molecule has 0 fully saturated rings. The van der Waals surface area contributed by atoms with Crippen LogP contribution in [-0.4, -0.2) is 27.0 Å². The van der Waals surface area contributed by atoms with Gasteiger partial charge in [0.15, 0.2) is 0 Å². The Balaban J connectivity index is 2.42. The summed E-state index contributed by atoms with van der Waals surface area (Å²) in [5, 5.41) is 2.76. The van der Waals surface area contributed by atoms with E-state index in [4.69, 9.17) is 4.18 Å². The second-order valence-corrected chi connectivity index (χ2v) is 8.34. The second-order valence-electron chi connectivity index (χ2n) is 6.72. The van der Waals surface area contributed by atoms with E-state index in [-0.39, 0.29) is 23.5 Å². The third-order valence-electron chi connectivity index (χ3n) is 4.39. The Morgan fingerprint density at radius 2 is 1.67 bits per heavy atom. The van der Waals surface area contributed by atoms with Gasteiger partial charge >= 0.3 is 0 Å². The topological polar surface area (TPSA) is 72.5 Å². The predicted molar refractivity (Wildman–Crippen MR) is 109 cm³/mol. The molecule has 6 heteroatoms. The van der Waals surface area contributed by atoms with Crippen LogP contribution in [-0.2, 0) is 19.1 Å². The van der Waals surface area contributed by atoms with Crippen molar-refractivity contribution in [1.82, 2.24) is 5.32 Å². The van der Waals surface area contributed by atoms with Crippen LogP contribution in [0.2, 0.25) is 0 Å². The molecule has 0 bridgehead atoms. The van der Waals surface area contributed by atoms with Crippen LogP contribution in [0.1, 0.15) is 64.7 Å². The van der Waals surface area contributed by atoms with E-state index >= 15 is 0 Å². The van der Waals surface area contributed by atoms with E-state index in [0.717, 1.165) is 19.3 Å². The van der Waals surface area contributed by atoms with Gasteiger partial charge < -0.3 is 5.32 Å². The highest BCUT2D eigenvalue weighted by molar-refractivity contribution is 7.86. The first-order chi connectivity index (χ1) is 13.0. The van der Waals surface area contributed by atoms with Crippen molar-refractivity contribution in [2.24, 2.45) is 0 Å². The Morgan fingerprint density at radius 3 is 2.26 bits per heavy atom. The standard InChI is InChI=1S/C21H33NO4S/c1-3-5-6-7-8-9-10-12-15-19(22-21(23)4-2)18-26-27(24,25)20-16-13-11-14-17-20/h4,11,13-14,16-17,19H,2-3,5-10,12,15,18H2,1H3,(H,22,23). The molecule has 0 saturated carbocycles. The van der Waals surface area contributed by atoms with Gasteiger partial charge in [-0.1, -0.05) is 83.1 Å². The predicted octanol–water partition coefficient (Wildman–Crippen LogP) is 4.59. The van der Waals surface area contributed by atoms with Crippen LogP contribution in [0, 0.1) is 0 Å². The average molecular weight is 396 g/mol. The van der Waals surface area contributed by atoms with Crippen LogP contribution in [0.15, 0.2) is 47.9 Å². The van der Waals surface area contributed by atoms with Crippen molar-refractivity contribution < 1.29 is 17.4 Å². The number of carbonyl (C=O) groups excluding carboxylic acids is 1. The molecular weight excluding hydrogens is 362 g/mol. The van der Waals surface area contributed by atoms with Gasteiger partial charge in [-0.3, -0.25) is 8.98 Å². The molecule has 0 radical (unpaired) electrons. The SMILES string of the molecule is C=CC(=O)NC(CCCCCCCCCC)COS(=O)(=O)c1ccccc1. The molecular formula is C21H33NO4S. The minimum Gasteiger partial charge on any atom is -0.347 e. The Morgan fingerprint density at radius 1 is 1.07 bits per heavy atom. The smallest absolute Gasteiger partial charge is 0.297 e. The normalized spacial score (nSPS) is 12.5. The summed E-state index contributed by atoms with van der Waals surface area (Å²) in [5.74, 6) is -0.319. The molecule has 1 N–H and O–H groups in total. The van der Waals surface area contributed by atoms with Gasteiger partial charge in [-0.05, 0) is 24.6 Å². The molecule has 1 rings (SSSR count). The summed E-state index contributed by atoms with van der Waals surface area (Å²) in [4.78, 5) is 11.7. The monoisotopic (exact) mass is 395 g/mol. The highest BCUT2D eigenvalue weighted by Crippen LogP contribution is 2.14. The first-order valence-electron chi connectivity index (χ1n) is 9.87. The third-order valence-corrected chi connectivity index (χ3v) is 5.69. The van der Waals surface area contributed by atoms with Crippen molar-refractivity contribution in [3.05, 3.63) is 43.0 Å². The zero-order valence-electron chi connectivity index (χ0n) is 16.4. The van der Waals surface area contributed by atoms with Crippen LogP contribution in [0.25, 0.3) is 0 Å². The summed E-state index contributed by atoms with van der Waals surface area (Å²) in [6.45, 7) is 5.57. The van der Waals surface area contributed by atoms with Gasteiger partial charge in [0.05, 0.1) is 17.5 Å². The van der Waals surface area contributed by atoms with Crippen molar-refractivity contribution in [2.75, 3.05) is 6.61 Å². The van der Waals surface area contributed by atoms with Gasteiger partial charge in [0.2, 0.25) is 5.91 Å². The Labute approximate surface area is 164 Å². The lowest BCUT2D eigenvalue weighted by atomic mass is 10.0. The third kappa shape index (κ3) is 10.3. The summed E-state index contributed by atoms with van der Waals surface area (Å²) in [6, 6.07) is 7.67. The molecule has 5 nitrogen and oxygen atoms in total. The number of unbranched alkanes of at least 4 members (excludes halogenated alkanes) is 7. The number of nitrogens with one attached hydrogen (secondary N) is 1. The van der Waals surface area contributed by atoms with Crippen molar-refractivity contribution >= 4 is 16.0 Å². The van der Waals surface area contributed by atoms with Crippen LogP contribution < -0.4 is 5.32 Å². The first-order valence-corrected chi connectivity index (χ1v) is 11.3. The molecule has 27 heavy (non-hydrogen) atoms. The van der Waals surface area contributed by atoms with E-state index in [9.17, 15) is 13.2 Å². The van der Waals surface area contributed by atoms with Gasteiger partial charge in [0, 0.05) is 0 Å². The number of hydrogen-bond donors (Lipinski definition) is 1. The van der Waals surface area contributed by atoms with Gasteiger partial charge in [0.1, 0.15) is 0 Å². The van der Waals surface area contributed by atoms with E-state index in [1.165, 1.54) is 50.3 Å². The fourth-order valence-corrected chi connectivity index (χ4v) is 3.78. The average Bonchev–Trinajstić information content (AvgIpc) is 2.68. The van der Waals surface area contributed by atoms with Crippen LogP contribution in [0.5, 0.6) is 0 Å². The summed E-state index contributed by atoms with van der Waals surface area (Å²) in [6.07, 6.45) is 11.3. The highest BCUT2D eigenvalue weighted by Gasteiger charge is 2.19. The summed E-state index contributed by atoms with van der Waals surface area (Å²) < 4.78 is 29.6. The minimum absolute atomic E-state index is 0.0761. The maximum atomic E-state index is 12.2. The molecule has 0 heterocycles. The van der Waals surface area contributed by atoms with Gasteiger partial charge in [-0.2, -0.15) is 8.42 Å². The molecule has 152 valence electrons. The lowest BCUT2D eigenvalue weighted by Crippen LogP contribution is -2.37. The molecule has 0 aromatic heterocycles. The van der Waals surface area contributed by atoms with Crippen molar-refractivity contribution in [3.8, 4) is 0 Å². The first kappa shape index (κ1) is 23.4. The minimum atomic E-state index is -3.82. The van der Waals surface area contributed by atoms with E-state index < -0.39 is 10.1 Å². The fraction of sp³-hybridized carbons (Fsp3) is 0.571. The molecule has 1 amide bonds. The molecule has 0 aliphatic carbocycles. The highest BCUT2D eigenvalue weighted by atomic mass is 32.2. The van der Waals surface area contributed by atoms with Crippen LogP contribution in [0.4, 0.5) is 0 Å². The molecule has 1 atom stereocenters. The summed E-state index contributed by atoms with van der Waals surface area (Å²) in [5.41, 5.74) is 0. The maximum Gasteiger partial charge on any atom is 0.297 e. The Kier molecular flexibility index (Phi) is 11.7. The number of rotatable bonds is 15. The van der Waals surface area contributed by atoms with Crippen LogP contribution in [0.3, 0.4) is 0 Å². The number of amides is 1. The number of hydrogen-bond acceptors (Lipinski definition) is 4.